The summed E-state index contributed by atoms with van der Waals surface area (Å²) in [6, 6.07) is 0. The van der Waals surface area contributed by atoms with E-state index in [1.807, 2.05) is 0 Å². The molecule has 1 rings (SSSR count). The number of hydrogen-bond donors (Lipinski definition) is 1. The lowest BCUT2D eigenvalue weighted by atomic mass is 10.2. The molecule has 0 amide bonds. The van der Waals surface area contributed by atoms with E-state index in [0.717, 1.165) is 6.67 Å². The summed E-state index contributed by atoms with van der Waals surface area (Å²) in [5, 5.41) is 6.89. The Morgan fingerprint density at radius 2 is 2.00 bits per heavy atom. The van der Waals surface area contributed by atoms with Gasteiger partial charge < -0.3 is 14.9 Å². The van der Waals surface area contributed by atoms with Crippen molar-refractivity contribution in [3.8, 4) is 0 Å². The maximum atomic E-state index is 8.36. The second-order valence-corrected chi connectivity index (χ2v) is 3.67. The highest BCUT2D eigenvalue weighted by atomic mass is 16.3. The summed E-state index contributed by atoms with van der Waals surface area (Å²) >= 11 is 0. The predicted octanol–water partition coefficient (Wildman–Crippen LogP) is 1.94. The molecule has 1 heterocycles. The fraction of sp³-hybridized carbons (Fsp3) is 0.727. The van der Waals surface area contributed by atoms with Crippen LogP contribution in [0.4, 0.5) is 0 Å². The highest BCUT2D eigenvalue weighted by Gasteiger charge is 2.06. The van der Waals surface area contributed by atoms with Gasteiger partial charge in [-0.25, -0.2) is 0 Å². The van der Waals surface area contributed by atoms with Crippen molar-refractivity contribution < 1.29 is 9.90 Å². The minimum absolute atomic E-state index is 0.250. The van der Waals surface area contributed by atoms with Crippen molar-refractivity contribution in [3.63, 3.8) is 0 Å². The first-order valence-electron chi connectivity index (χ1n) is 5.45. The fourth-order valence-electron chi connectivity index (χ4n) is 1.48. The largest absolute Gasteiger partial charge is 0.483 e. The van der Waals surface area contributed by atoms with Crippen molar-refractivity contribution in [3.05, 3.63) is 12.4 Å². The molecule has 1 N–H and O–H groups in total. The standard InChI is InChI=1S/C10H20N2.CH2O2/c1-3-4-5-6-7-12-9-8-11(2)10-12;2-1-3/h8-9H,3-7,10H2,1-2H3;1H,(H,2,3). The second-order valence-electron chi connectivity index (χ2n) is 3.67. The molecule has 0 radical (unpaired) electrons. The van der Waals surface area contributed by atoms with Crippen LogP contribution in [0.25, 0.3) is 0 Å². The SMILES string of the molecule is CCCCCCN1C=CN(C)C1.O=CO. The van der Waals surface area contributed by atoms with Crippen LogP contribution in [0.2, 0.25) is 0 Å². The van der Waals surface area contributed by atoms with Crippen molar-refractivity contribution in [1.29, 1.82) is 0 Å². The molecule has 1 aliphatic rings. The Bertz CT molecular complexity index is 183. The van der Waals surface area contributed by atoms with E-state index in [-0.39, 0.29) is 6.47 Å². The lowest BCUT2D eigenvalue weighted by Crippen LogP contribution is -2.23. The molecule has 0 aromatic rings. The van der Waals surface area contributed by atoms with Gasteiger partial charge in [-0.1, -0.05) is 26.2 Å². The topological polar surface area (TPSA) is 43.8 Å². The van der Waals surface area contributed by atoms with E-state index in [2.05, 4.69) is 36.2 Å². The first-order chi connectivity index (χ1) is 7.24. The quantitative estimate of drug-likeness (QED) is 0.561. The number of carbonyl (C=O) groups is 1. The van der Waals surface area contributed by atoms with E-state index in [9.17, 15) is 0 Å². The van der Waals surface area contributed by atoms with Gasteiger partial charge in [0.2, 0.25) is 0 Å². The minimum atomic E-state index is -0.250. The van der Waals surface area contributed by atoms with Crippen LogP contribution in [0, 0.1) is 0 Å². The Kier molecular flexibility index (Phi) is 8.63. The van der Waals surface area contributed by atoms with E-state index in [0.29, 0.717) is 0 Å². The van der Waals surface area contributed by atoms with Crippen molar-refractivity contribution in [2.24, 2.45) is 0 Å². The van der Waals surface area contributed by atoms with Gasteiger partial charge in [0.25, 0.3) is 6.47 Å². The first kappa shape index (κ1) is 13.8. The third-order valence-corrected chi connectivity index (χ3v) is 2.24. The Morgan fingerprint density at radius 1 is 1.33 bits per heavy atom. The molecule has 4 nitrogen and oxygen atoms in total. The molecule has 0 bridgehead atoms. The molecule has 0 aliphatic carbocycles. The molecule has 0 aromatic heterocycles. The van der Waals surface area contributed by atoms with E-state index in [4.69, 9.17) is 9.90 Å². The van der Waals surface area contributed by atoms with Gasteiger partial charge in [0.15, 0.2) is 0 Å². The first-order valence-corrected chi connectivity index (χ1v) is 5.45. The maximum Gasteiger partial charge on any atom is 0.290 e. The van der Waals surface area contributed by atoms with Gasteiger partial charge in [-0.3, -0.25) is 4.79 Å². The highest BCUT2D eigenvalue weighted by Crippen LogP contribution is 2.06. The van der Waals surface area contributed by atoms with Crippen LogP contribution in [-0.4, -0.2) is 41.6 Å². The Labute approximate surface area is 92.2 Å². The lowest BCUT2D eigenvalue weighted by Gasteiger charge is -2.17. The zero-order chi connectivity index (χ0) is 11.5. The average Bonchev–Trinajstić information content (AvgIpc) is 2.60. The molecule has 0 aromatic carbocycles. The molecule has 4 heteroatoms. The van der Waals surface area contributed by atoms with Gasteiger partial charge in [-0.2, -0.15) is 0 Å². The molecule has 0 atom stereocenters. The molecule has 0 fully saturated rings. The fourth-order valence-corrected chi connectivity index (χ4v) is 1.48. The molecule has 1 aliphatic heterocycles. The maximum absolute atomic E-state index is 8.36. The van der Waals surface area contributed by atoms with Crippen molar-refractivity contribution >= 4 is 6.47 Å². The van der Waals surface area contributed by atoms with E-state index in [1.54, 1.807) is 0 Å². The van der Waals surface area contributed by atoms with Gasteiger partial charge in [0.1, 0.15) is 0 Å². The number of hydrogen-bond acceptors (Lipinski definition) is 3. The summed E-state index contributed by atoms with van der Waals surface area (Å²) < 4.78 is 0. The monoisotopic (exact) mass is 214 g/mol. The molecule has 0 saturated heterocycles. The summed E-state index contributed by atoms with van der Waals surface area (Å²) in [7, 11) is 2.11. The number of carboxylic acid groups (broad SMARTS) is 1. The van der Waals surface area contributed by atoms with Crippen LogP contribution < -0.4 is 0 Å². The lowest BCUT2D eigenvalue weighted by molar-refractivity contribution is -0.122. The van der Waals surface area contributed by atoms with Crippen molar-refractivity contribution in [2.75, 3.05) is 20.3 Å². The summed E-state index contributed by atoms with van der Waals surface area (Å²) in [5.74, 6) is 0. The van der Waals surface area contributed by atoms with E-state index < -0.39 is 0 Å². The second kappa shape index (κ2) is 9.37. The van der Waals surface area contributed by atoms with Crippen LogP contribution in [0.5, 0.6) is 0 Å². The van der Waals surface area contributed by atoms with Crippen LogP contribution in [-0.2, 0) is 4.79 Å². The molecular formula is C11H22N2O2. The van der Waals surface area contributed by atoms with Crippen LogP contribution in [0.15, 0.2) is 12.4 Å². The summed E-state index contributed by atoms with van der Waals surface area (Å²) in [5.41, 5.74) is 0. The third kappa shape index (κ3) is 7.85. The van der Waals surface area contributed by atoms with Crippen molar-refractivity contribution in [2.45, 2.75) is 32.6 Å². The molecule has 0 unspecified atom stereocenters. The Morgan fingerprint density at radius 3 is 2.47 bits per heavy atom. The van der Waals surface area contributed by atoms with E-state index >= 15 is 0 Å². The van der Waals surface area contributed by atoms with Gasteiger partial charge in [0.05, 0.1) is 6.67 Å². The zero-order valence-electron chi connectivity index (χ0n) is 9.72. The molecule has 0 spiro atoms. The number of unbranched alkanes of at least 4 members (excludes halogenated alkanes) is 3. The van der Waals surface area contributed by atoms with Gasteiger partial charge in [0, 0.05) is 26.0 Å². The highest BCUT2D eigenvalue weighted by molar-refractivity contribution is 5.32. The third-order valence-electron chi connectivity index (χ3n) is 2.24. The van der Waals surface area contributed by atoms with Gasteiger partial charge >= 0.3 is 0 Å². The van der Waals surface area contributed by atoms with Gasteiger partial charge in [-0.15, -0.1) is 0 Å². The molecule has 0 saturated carbocycles. The van der Waals surface area contributed by atoms with Gasteiger partial charge in [-0.05, 0) is 6.42 Å². The van der Waals surface area contributed by atoms with Crippen LogP contribution >= 0.6 is 0 Å². The molecule has 88 valence electrons. The van der Waals surface area contributed by atoms with Crippen LogP contribution in [0.1, 0.15) is 32.6 Å². The zero-order valence-corrected chi connectivity index (χ0v) is 9.72. The number of nitrogens with zero attached hydrogens (tertiary/aromatic N) is 2. The summed E-state index contributed by atoms with van der Waals surface area (Å²) in [6.45, 7) is 4.30. The van der Waals surface area contributed by atoms with Crippen LogP contribution in [0.3, 0.4) is 0 Å². The van der Waals surface area contributed by atoms with Crippen molar-refractivity contribution in [1.82, 2.24) is 9.80 Å². The molecule has 15 heavy (non-hydrogen) atoms. The average molecular weight is 214 g/mol. The predicted molar refractivity (Wildman–Crippen MR) is 61.3 cm³/mol. The Balaban J connectivity index is 0.000000583. The Hall–Kier alpha value is -1.19. The summed E-state index contributed by atoms with van der Waals surface area (Å²) in [6.07, 6.45) is 9.76. The number of rotatable bonds is 5. The minimum Gasteiger partial charge on any atom is -0.483 e. The van der Waals surface area contributed by atoms with E-state index in [1.165, 1.54) is 32.2 Å². The smallest absolute Gasteiger partial charge is 0.290 e. The summed E-state index contributed by atoms with van der Waals surface area (Å²) in [4.78, 5) is 12.9. The normalized spacial score (nSPS) is 13.7. The molecular weight excluding hydrogens is 192 g/mol.